The van der Waals surface area contributed by atoms with E-state index in [-0.39, 0.29) is 5.78 Å². The summed E-state index contributed by atoms with van der Waals surface area (Å²) >= 11 is 1.54. The lowest BCUT2D eigenvalue weighted by atomic mass is 9.84. The first-order chi connectivity index (χ1) is 13.7. The lowest BCUT2D eigenvalue weighted by Crippen LogP contribution is -2.15. The molecule has 0 saturated heterocycles. The summed E-state index contributed by atoms with van der Waals surface area (Å²) in [7, 11) is 0. The molecule has 1 heterocycles. The fraction of sp³-hybridized carbons (Fsp3) is 0.609. The molecule has 0 aliphatic heterocycles. The minimum Gasteiger partial charge on any atom is -0.303 e. The van der Waals surface area contributed by atoms with Crippen LogP contribution in [-0.4, -0.2) is 26.3 Å². The van der Waals surface area contributed by atoms with E-state index in [1.54, 1.807) is 0 Å². The van der Waals surface area contributed by atoms with Gasteiger partial charge in [0.2, 0.25) is 0 Å². The molecule has 1 aromatic carbocycles. The van der Waals surface area contributed by atoms with Gasteiger partial charge in [0.15, 0.2) is 10.9 Å². The number of hydrogen-bond acceptors (Lipinski definition) is 4. The SMILES string of the molecule is Cc1nnc(SCC(=O)c2ccc(C3CCCCC3)cc2)n1C1CCCCC1. The molecule has 0 atom stereocenters. The molecule has 4 rings (SSSR count). The summed E-state index contributed by atoms with van der Waals surface area (Å²) in [5.74, 6) is 2.26. The minimum atomic E-state index is 0.177. The number of thioether (sulfide) groups is 1. The molecule has 0 spiro atoms. The van der Waals surface area contributed by atoms with Crippen LogP contribution < -0.4 is 0 Å². The number of rotatable bonds is 6. The Hall–Kier alpha value is -1.62. The molecule has 150 valence electrons. The maximum absolute atomic E-state index is 12.7. The third kappa shape index (κ3) is 4.51. The van der Waals surface area contributed by atoms with Gasteiger partial charge in [-0.2, -0.15) is 0 Å². The molecular weight excluding hydrogens is 366 g/mol. The van der Waals surface area contributed by atoms with E-state index in [0.717, 1.165) is 16.5 Å². The molecule has 4 nitrogen and oxygen atoms in total. The number of nitrogens with zero attached hydrogens (tertiary/aromatic N) is 3. The highest BCUT2D eigenvalue weighted by molar-refractivity contribution is 7.99. The molecule has 0 radical (unpaired) electrons. The van der Waals surface area contributed by atoms with Crippen LogP contribution in [0.2, 0.25) is 0 Å². The average Bonchev–Trinajstić information content (AvgIpc) is 3.13. The van der Waals surface area contributed by atoms with Crippen molar-refractivity contribution in [1.29, 1.82) is 0 Å². The number of carbonyl (C=O) groups excluding carboxylic acids is 1. The largest absolute Gasteiger partial charge is 0.303 e. The fourth-order valence-corrected chi connectivity index (χ4v) is 5.74. The standard InChI is InChI=1S/C23H31N3OS/c1-17-24-25-23(26(17)21-10-6-3-7-11-21)28-16-22(27)20-14-12-19(13-15-20)18-8-4-2-5-9-18/h12-15,18,21H,2-11,16H2,1H3. The Morgan fingerprint density at radius 2 is 1.61 bits per heavy atom. The molecule has 0 unspecified atom stereocenters. The van der Waals surface area contributed by atoms with Crippen LogP contribution in [0.25, 0.3) is 0 Å². The highest BCUT2D eigenvalue weighted by atomic mass is 32.2. The molecule has 0 N–H and O–H groups in total. The van der Waals surface area contributed by atoms with Crippen LogP contribution in [0, 0.1) is 6.92 Å². The van der Waals surface area contributed by atoms with Crippen molar-refractivity contribution >= 4 is 17.5 Å². The first-order valence-electron chi connectivity index (χ1n) is 10.9. The smallest absolute Gasteiger partial charge is 0.191 e. The van der Waals surface area contributed by atoms with Crippen LogP contribution in [0.5, 0.6) is 0 Å². The monoisotopic (exact) mass is 397 g/mol. The average molecular weight is 398 g/mol. The third-order valence-electron chi connectivity index (χ3n) is 6.42. The van der Waals surface area contributed by atoms with Crippen molar-refractivity contribution in [2.45, 2.75) is 88.2 Å². The van der Waals surface area contributed by atoms with Gasteiger partial charge in [-0.05, 0) is 44.1 Å². The van der Waals surface area contributed by atoms with E-state index in [0.29, 0.717) is 17.7 Å². The van der Waals surface area contributed by atoms with Crippen LogP contribution in [0.1, 0.15) is 97.9 Å². The van der Waals surface area contributed by atoms with Crippen molar-refractivity contribution in [3.8, 4) is 0 Å². The maximum atomic E-state index is 12.7. The predicted octanol–water partition coefficient (Wildman–Crippen LogP) is 6.11. The van der Waals surface area contributed by atoms with E-state index in [1.165, 1.54) is 81.5 Å². The van der Waals surface area contributed by atoms with E-state index in [2.05, 4.69) is 26.9 Å². The second-order valence-electron chi connectivity index (χ2n) is 8.36. The number of ketones is 1. The van der Waals surface area contributed by atoms with Crippen molar-refractivity contribution < 1.29 is 4.79 Å². The number of hydrogen-bond donors (Lipinski definition) is 0. The minimum absolute atomic E-state index is 0.177. The zero-order chi connectivity index (χ0) is 19.3. The summed E-state index contributed by atoms with van der Waals surface area (Å²) in [5, 5.41) is 9.54. The van der Waals surface area contributed by atoms with Crippen LogP contribution in [0.15, 0.2) is 29.4 Å². The molecule has 2 fully saturated rings. The first-order valence-corrected chi connectivity index (χ1v) is 11.9. The van der Waals surface area contributed by atoms with Gasteiger partial charge in [-0.25, -0.2) is 0 Å². The molecule has 2 aliphatic carbocycles. The van der Waals surface area contributed by atoms with Gasteiger partial charge in [-0.1, -0.05) is 74.6 Å². The van der Waals surface area contributed by atoms with Gasteiger partial charge in [0, 0.05) is 11.6 Å². The molecule has 5 heteroatoms. The summed E-state index contributed by atoms with van der Waals surface area (Å²) in [6.45, 7) is 2.03. The highest BCUT2D eigenvalue weighted by Crippen LogP contribution is 2.34. The van der Waals surface area contributed by atoms with Crippen LogP contribution >= 0.6 is 11.8 Å². The third-order valence-corrected chi connectivity index (χ3v) is 7.36. The summed E-state index contributed by atoms with van der Waals surface area (Å²) < 4.78 is 2.27. The molecule has 2 aliphatic rings. The summed E-state index contributed by atoms with van der Waals surface area (Å²) in [6.07, 6.45) is 12.9. The van der Waals surface area contributed by atoms with E-state index in [9.17, 15) is 4.79 Å². The predicted molar refractivity (Wildman–Crippen MR) is 114 cm³/mol. The summed E-state index contributed by atoms with van der Waals surface area (Å²) in [5.41, 5.74) is 2.21. The Kier molecular flexibility index (Phi) is 6.50. The van der Waals surface area contributed by atoms with Gasteiger partial charge < -0.3 is 4.57 Å². The Balaban J connectivity index is 1.38. The second kappa shape index (κ2) is 9.25. The number of carbonyl (C=O) groups is 1. The first kappa shape index (κ1) is 19.7. The van der Waals surface area contributed by atoms with Gasteiger partial charge in [0.25, 0.3) is 0 Å². The Morgan fingerprint density at radius 3 is 2.29 bits per heavy atom. The van der Waals surface area contributed by atoms with Gasteiger partial charge in [0.05, 0.1) is 5.75 Å². The molecule has 28 heavy (non-hydrogen) atoms. The molecule has 1 aromatic heterocycles. The lowest BCUT2D eigenvalue weighted by Gasteiger charge is -2.24. The number of aromatic nitrogens is 3. The Bertz CT molecular complexity index is 787. The normalized spacial score (nSPS) is 19.0. The number of benzene rings is 1. The van der Waals surface area contributed by atoms with E-state index in [1.807, 2.05) is 19.1 Å². The second-order valence-corrected chi connectivity index (χ2v) is 9.30. The van der Waals surface area contributed by atoms with Gasteiger partial charge in [-0.3, -0.25) is 4.79 Å². The highest BCUT2D eigenvalue weighted by Gasteiger charge is 2.22. The molecule has 0 bridgehead atoms. The maximum Gasteiger partial charge on any atom is 0.191 e. The van der Waals surface area contributed by atoms with Crippen molar-refractivity contribution in [3.05, 3.63) is 41.2 Å². The topological polar surface area (TPSA) is 47.8 Å². The lowest BCUT2D eigenvalue weighted by molar-refractivity contribution is 0.102. The van der Waals surface area contributed by atoms with Crippen LogP contribution in [0.4, 0.5) is 0 Å². The molecule has 2 saturated carbocycles. The zero-order valence-electron chi connectivity index (χ0n) is 16.9. The summed E-state index contributed by atoms with van der Waals surface area (Å²) in [4.78, 5) is 12.7. The number of aryl methyl sites for hydroxylation is 1. The summed E-state index contributed by atoms with van der Waals surface area (Å²) in [6, 6.07) is 8.87. The quantitative estimate of drug-likeness (QED) is 0.435. The Morgan fingerprint density at radius 1 is 0.964 bits per heavy atom. The van der Waals surface area contributed by atoms with E-state index in [4.69, 9.17) is 0 Å². The molecule has 2 aromatic rings. The van der Waals surface area contributed by atoms with E-state index >= 15 is 0 Å². The van der Waals surface area contributed by atoms with Crippen molar-refractivity contribution in [3.63, 3.8) is 0 Å². The van der Waals surface area contributed by atoms with Crippen molar-refractivity contribution in [1.82, 2.24) is 14.8 Å². The number of Topliss-reactive ketones (excluding diaryl/α,β-unsaturated/α-hetero) is 1. The molecular formula is C23H31N3OS. The van der Waals surface area contributed by atoms with Gasteiger partial charge in [-0.15, -0.1) is 10.2 Å². The van der Waals surface area contributed by atoms with Crippen molar-refractivity contribution in [2.75, 3.05) is 5.75 Å². The Labute approximate surface area is 172 Å². The van der Waals surface area contributed by atoms with Crippen molar-refractivity contribution in [2.24, 2.45) is 0 Å². The zero-order valence-corrected chi connectivity index (χ0v) is 17.7. The van der Waals surface area contributed by atoms with Crippen LogP contribution in [-0.2, 0) is 0 Å². The van der Waals surface area contributed by atoms with Crippen LogP contribution in [0.3, 0.4) is 0 Å². The molecule has 0 amide bonds. The van der Waals surface area contributed by atoms with E-state index < -0.39 is 0 Å². The van der Waals surface area contributed by atoms with Gasteiger partial charge >= 0.3 is 0 Å². The van der Waals surface area contributed by atoms with Gasteiger partial charge in [0.1, 0.15) is 5.82 Å². The fourth-order valence-electron chi connectivity index (χ4n) is 4.80.